The van der Waals surface area contributed by atoms with Gasteiger partial charge in [-0.1, -0.05) is 124 Å². The van der Waals surface area contributed by atoms with Crippen LogP contribution in [0.15, 0.2) is 121 Å². The van der Waals surface area contributed by atoms with Crippen molar-refractivity contribution in [2.45, 2.75) is 65.3 Å². The number of amides is 2. The van der Waals surface area contributed by atoms with Crippen molar-refractivity contribution in [3.63, 3.8) is 0 Å². The molecule has 0 saturated carbocycles. The number of rotatable bonds is 9. The molecule has 2 heterocycles. The van der Waals surface area contributed by atoms with Gasteiger partial charge < -0.3 is 4.57 Å². The molecule has 0 N–H and O–H groups in total. The first-order valence-electron chi connectivity index (χ1n) is 20.2. The molecule has 0 atom stereocenters. The van der Waals surface area contributed by atoms with Gasteiger partial charge in [-0.15, -0.1) is 0 Å². The van der Waals surface area contributed by atoms with Gasteiger partial charge in [0.15, 0.2) is 0 Å². The van der Waals surface area contributed by atoms with Gasteiger partial charge in [0.05, 0.1) is 0 Å². The summed E-state index contributed by atoms with van der Waals surface area (Å²) < 4.78 is 2.40. The Labute approximate surface area is 335 Å². The first kappa shape index (κ1) is 37.1. The molecular weight excluding hydrogens is 697 g/mol. The third-order valence-electron chi connectivity index (χ3n) is 10.7. The Morgan fingerprint density at radius 2 is 1.00 bits per heavy atom. The van der Waals surface area contributed by atoms with Crippen molar-refractivity contribution < 1.29 is 9.59 Å². The van der Waals surface area contributed by atoms with E-state index in [0.717, 1.165) is 71.0 Å². The van der Waals surface area contributed by atoms with E-state index in [2.05, 4.69) is 96.4 Å². The molecular formula is C53H44N2O2. The SMILES string of the molecule is CCCCCCCCN1C(=O)c2cccc3c(C#Cc4cccc(C#Cc5cccc(C#Cc6ccc7c(c6)c6ccccc6n7CCC)c5)c4)ccc(c23)C1=O. The maximum absolute atomic E-state index is 13.5. The molecule has 7 aromatic rings. The van der Waals surface area contributed by atoms with Gasteiger partial charge in [-0.3, -0.25) is 14.5 Å². The molecule has 4 nitrogen and oxygen atoms in total. The molecule has 0 radical (unpaired) electrons. The van der Waals surface area contributed by atoms with Crippen molar-refractivity contribution in [2.75, 3.05) is 6.54 Å². The summed E-state index contributed by atoms with van der Waals surface area (Å²) in [5, 5.41) is 4.00. The van der Waals surface area contributed by atoms with E-state index in [1.165, 1.54) is 46.0 Å². The smallest absolute Gasteiger partial charge is 0.261 e. The molecule has 1 aliphatic rings. The van der Waals surface area contributed by atoms with E-state index in [9.17, 15) is 9.59 Å². The van der Waals surface area contributed by atoms with E-state index in [4.69, 9.17) is 0 Å². The lowest BCUT2D eigenvalue weighted by atomic mass is 9.91. The molecule has 1 aliphatic heterocycles. The molecule has 0 unspecified atom stereocenters. The molecule has 0 aliphatic carbocycles. The number of carbonyl (C=O) groups excluding carboxylic acids is 2. The van der Waals surface area contributed by atoms with E-state index < -0.39 is 0 Å². The Morgan fingerprint density at radius 1 is 0.439 bits per heavy atom. The highest BCUT2D eigenvalue weighted by Crippen LogP contribution is 2.33. The Balaban J connectivity index is 0.985. The van der Waals surface area contributed by atoms with Crippen LogP contribution in [0.4, 0.5) is 0 Å². The minimum atomic E-state index is -0.217. The molecule has 1 aromatic heterocycles. The number of carbonyl (C=O) groups is 2. The zero-order chi connectivity index (χ0) is 39.1. The van der Waals surface area contributed by atoms with Crippen LogP contribution in [0.1, 0.15) is 113 Å². The molecule has 278 valence electrons. The van der Waals surface area contributed by atoms with Crippen LogP contribution in [-0.2, 0) is 6.54 Å². The quantitative estimate of drug-likeness (QED) is 0.0840. The number of aromatic nitrogens is 1. The topological polar surface area (TPSA) is 42.3 Å². The maximum atomic E-state index is 13.5. The number of imide groups is 1. The molecule has 4 heteroatoms. The molecule has 8 rings (SSSR count). The van der Waals surface area contributed by atoms with Crippen molar-refractivity contribution in [2.24, 2.45) is 0 Å². The number of para-hydroxylation sites is 1. The Bertz CT molecular complexity index is 2850. The first-order valence-corrected chi connectivity index (χ1v) is 20.2. The normalized spacial score (nSPS) is 11.9. The molecule has 6 aromatic carbocycles. The third-order valence-corrected chi connectivity index (χ3v) is 10.7. The lowest BCUT2D eigenvalue weighted by Crippen LogP contribution is -2.40. The van der Waals surface area contributed by atoms with Gasteiger partial charge in [0.1, 0.15) is 0 Å². The Kier molecular flexibility index (Phi) is 11.0. The van der Waals surface area contributed by atoms with Crippen LogP contribution in [0.3, 0.4) is 0 Å². The van der Waals surface area contributed by atoms with E-state index in [-0.39, 0.29) is 11.8 Å². The molecule has 0 bridgehead atoms. The lowest BCUT2D eigenvalue weighted by Gasteiger charge is -2.27. The summed E-state index contributed by atoms with van der Waals surface area (Å²) in [5.74, 6) is 19.5. The molecule has 0 saturated heterocycles. The zero-order valence-corrected chi connectivity index (χ0v) is 32.6. The van der Waals surface area contributed by atoms with Crippen LogP contribution in [0.25, 0.3) is 32.6 Å². The lowest BCUT2D eigenvalue weighted by molar-refractivity contribution is 0.0607. The average Bonchev–Trinajstić information content (AvgIpc) is 3.55. The monoisotopic (exact) mass is 740 g/mol. The average molecular weight is 741 g/mol. The van der Waals surface area contributed by atoms with Gasteiger partial charge in [-0.25, -0.2) is 0 Å². The van der Waals surface area contributed by atoms with E-state index in [1.54, 1.807) is 0 Å². The number of benzene rings is 6. The van der Waals surface area contributed by atoms with Crippen molar-refractivity contribution in [3.05, 3.63) is 166 Å². The van der Waals surface area contributed by atoms with Crippen LogP contribution in [-0.4, -0.2) is 27.8 Å². The van der Waals surface area contributed by atoms with E-state index in [0.29, 0.717) is 23.1 Å². The third kappa shape index (κ3) is 7.85. The van der Waals surface area contributed by atoms with Crippen molar-refractivity contribution in [3.8, 4) is 35.5 Å². The van der Waals surface area contributed by atoms with Gasteiger partial charge >= 0.3 is 0 Å². The predicted molar refractivity (Wildman–Crippen MR) is 233 cm³/mol. The highest BCUT2D eigenvalue weighted by Gasteiger charge is 2.32. The zero-order valence-electron chi connectivity index (χ0n) is 32.6. The van der Waals surface area contributed by atoms with Crippen LogP contribution in [0, 0.1) is 35.5 Å². The summed E-state index contributed by atoms with van der Waals surface area (Å²) in [6.07, 6.45) is 7.66. The minimum Gasteiger partial charge on any atom is -0.340 e. The van der Waals surface area contributed by atoms with Crippen LogP contribution < -0.4 is 0 Å². The molecule has 57 heavy (non-hydrogen) atoms. The predicted octanol–water partition coefficient (Wildman–Crippen LogP) is 11.5. The van der Waals surface area contributed by atoms with E-state index >= 15 is 0 Å². The number of hydrogen-bond donors (Lipinski definition) is 0. The second-order valence-corrected chi connectivity index (χ2v) is 14.7. The Hall–Kier alpha value is -6.80. The largest absolute Gasteiger partial charge is 0.340 e. The standard InChI is InChI=1S/C53H44N2O2/c1-3-5-6-7-8-11-34-55-52(56)46-21-14-20-44-43(30-31-47(51(44)46)53(55)57)29-27-41-18-13-17-39(36-41)24-23-38-15-12-16-40(35-38)25-26-42-28-32-50-48(37-42)45-19-9-10-22-49(45)54(50)33-4-2/h9-10,12-22,28,30-32,35-37H,3-8,11,33-34H2,1-2H3. The Morgan fingerprint density at radius 3 is 1.68 bits per heavy atom. The first-order chi connectivity index (χ1) is 28.0. The number of unbranched alkanes of at least 4 members (excludes halogenated alkanes) is 5. The molecule has 0 fully saturated rings. The number of nitrogens with zero attached hydrogens (tertiary/aromatic N) is 2. The summed E-state index contributed by atoms with van der Waals surface area (Å²) in [5.41, 5.74) is 8.87. The number of hydrogen-bond acceptors (Lipinski definition) is 2. The summed E-state index contributed by atoms with van der Waals surface area (Å²) >= 11 is 0. The fourth-order valence-corrected chi connectivity index (χ4v) is 7.88. The van der Waals surface area contributed by atoms with Gasteiger partial charge in [-0.05, 0) is 97.1 Å². The highest BCUT2D eigenvalue weighted by atomic mass is 16.2. The highest BCUT2D eigenvalue weighted by molar-refractivity contribution is 6.26. The fraction of sp³-hybridized carbons (Fsp3) is 0.208. The van der Waals surface area contributed by atoms with Crippen LogP contribution >= 0.6 is 0 Å². The van der Waals surface area contributed by atoms with Crippen LogP contribution in [0.5, 0.6) is 0 Å². The summed E-state index contributed by atoms with van der Waals surface area (Å²) in [7, 11) is 0. The fourth-order valence-electron chi connectivity index (χ4n) is 7.88. The summed E-state index contributed by atoms with van der Waals surface area (Å²) in [6, 6.07) is 40.4. The van der Waals surface area contributed by atoms with Gasteiger partial charge in [0.2, 0.25) is 0 Å². The van der Waals surface area contributed by atoms with Crippen LogP contribution in [0.2, 0.25) is 0 Å². The van der Waals surface area contributed by atoms with E-state index in [1.807, 2.05) is 78.9 Å². The summed E-state index contributed by atoms with van der Waals surface area (Å²) in [4.78, 5) is 28.5. The van der Waals surface area contributed by atoms with Crippen molar-refractivity contribution >= 4 is 44.4 Å². The van der Waals surface area contributed by atoms with Gasteiger partial charge in [0, 0.05) is 84.8 Å². The van der Waals surface area contributed by atoms with Crippen molar-refractivity contribution in [1.29, 1.82) is 0 Å². The minimum absolute atomic E-state index is 0.217. The van der Waals surface area contributed by atoms with Gasteiger partial charge in [0.25, 0.3) is 11.8 Å². The number of aryl methyl sites for hydroxylation is 1. The summed E-state index contributed by atoms with van der Waals surface area (Å²) in [6.45, 7) is 5.84. The van der Waals surface area contributed by atoms with Gasteiger partial charge in [-0.2, -0.15) is 0 Å². The van der Waals surface area contributed by atoms with Crippen molar-refractivity contribution in [1.82, 2.24) is 9.47 Å². The molecule has 2 amide bonds. The maximum Gasteiger partial charge on any atom is 0.261 e. The number of fused-ring (bicyclic) bond motifs is 3. The molecule has 0 spiro atoms. The second kappa shape index (κ2) is 16.9. The second-order valence-electron chi connectivity index (χ2n) is 14.7.